The van der Waals surface area contributed by atoms with E-state index in [-0.39, 0.29) is 0 Å². The van der Waals surface area contributed by atoms with Gasteiger partial charge in [-0.15, -0.1) is 10.2 Å². The Morgan fingerprint density at radius 2 is 2.00 bits per heavy atom. The Balaban J connectivity index is 1.96. The molecule has 2 rings (SSSR count). The smallest absolute Gasteiger partial charge is 0.207 e. The van der Waals surface area contributed by atoms with Crippen molar-refractivity contribution in [2.75, 3.05) is 0 Å². The summed E-state index contributed by atoms with van der Waals surface area (Å²) in [7, 11) is 0. The van der Waals surface area contributed by atoms with E-state index in [2.05, 4.69) is 10.2 Å². The highest BCUT2D eigenvalue weighted by Crippen LogP contribution is 2.18. The molecule has 1 heterocycles. The third-order valence-corrected chi connectivity index (χ3v) is 2.82. The lowest BCUT2D eigenvalue weighted by molar-refractivity contribution is 0.304. The Morgan fingerprint density at radius 1 is 1.27 bits per heavy atom. The zero-order valence-electron chi connectivity index (χ0n) is 8.11. The van der Waals surface area contributed by atoms with Crippen molar-refractivity contribution in [3.8, 4) is 5.75 Å². The van der Waals surface area contributed by atoms with E-state index in [1.807, 2.05) is 31.2 Å². The minimum atomic E-state index is 0.410. The van der Waals surface area contributed by atoms with Crippen molar-refractivity contribution in [3.05, 3.63) is 39.3 Å². The molecule has 0 spiro atoms. The van der Waals surface area contributed by atoms with Crippen LogP contribution in [0.5, 0.6) is 5.75 Å². The topological polar surface area (TPSA) is 35.0 Å². The first-order valence-electron chi connectivity index (χ1n) is 4.41. The van der Waals surface area contributed by atoms with Crippen molar-refractivity contribution < 1.29 is 4.74 Å². The van der Waals surface area contributed by atoms with Crippen molar-refractivity contribution in [3.63, 3.8) is 0 Å². The molecule has 15 heavy (non-hydrogen) atoms. The molecule has 0 saturated carbocycles. The lowest BCUT2D eigenvalue weighted by Gasteiger charge is -2.03. The van der Waals surface area contributed by atoms with Crippen LogP contribution in [0.1, 0.15) is 10.6 Å². The fraction of sp³-hybridized carbons (Fsp3) is 0.200. The van der Waals surface area contributed by atoms with Crippen molar-refractivity contribution in [1.82, 2.24) is 10.2 Å². The van der Waals surface area contributed by atoms with Gasteiger partial charge < -0.3 is 4.74 Å². The van der Waals surface area contributed by atoms with Gasteiger partial charge in [-0.2, -0.15) is 0 Å². The van der Waals surface area contributed by atoms with Crippen LogP contribution in [0.15, 0.2) is 24.3 Å². The van der Waals surface area contributed by atoms with E-state index in [1.54, 1.807) is 0 Å². The maximum atomic E-state index is 5.65. The largest absolute Gasteiger partial charge is 0.486 e. The molecular formula is C10H9ClN2OS. The molecule has 1 aromatic carbocycles. The Hall–Kier alpha value is -1.13. The van der Waals surface area contributed by atoms with Gasteiger partial charge >= 0.3 is 0 Å². The average molecular weight is 241 g/mol. The molecule has 1 aromatic heterocycles. The molecule has 5 heteroatoms. The van der Waals surface area contributed by atoms with Gasteiger partial charge in [0.1, 0.15) is 12.4 Å². The van der Waals surface area contributed by atoms with E-state index < -0.39 is 0 Å². The molecular weight excluding hydrogens is 232 g/mol. The van der Waals surface area contributed by atoms with Gasteiger partial charge in [-0.25, -0.2) is 0 Å². The standard InChI is InChI=1S/C10H9ClN2OS/c1-7-2-4-8(5-3-7)14-6-9-12-13-10(11)15-9/h2-5H,6H2,1H3. The van der Waals surface area contributed by atoms with E-state index in [0.717, 1.165) is 10.8 Å². The number of nitrogens with zero attached hydrogens (tertiary/aromatic N) is 2. The van der Waals surface area contributed by atoms with Crippen LogP contribution in [0.2, 0.25) is 4.47 Å². The Labute approximate surface area is 96.7 Å². The van der Waals surface area contributed by atoms with E-state index in [4.69, 9.17) is 16.3 Å². The number of halogens is 1. The Kier molecular flexibility index (Phi) is 3.18. The van der Waals surface area contributed by atoms with Crippen LogP contribution in [0, 0.1) is 6.92 Å². The Morgan fingerprint density at radius 3 is 2.60 bits per heavy atom. The predicted octanol–water partition coefficient (Wildman–Crippen LogP) is 3.08. The van der Waals surface area contributed by atoms with Gasteiger partial charge in [-0.05, 0) is 30.7 Å². The summed E-state index contributed by atoms with van der Waals surface area (Å²) in [5, 5.41) is 8.34. The third kappa shape index (κ3) is 2.91. The van der Waals surface area contributed by atoms with Gasteiger partial charge in [0.25, 0.3) is 0 Å². The molecule has 0 aliphatic rings. The van der Waals surface area contributed by atoms with Gasteiger partial charge in [0, 0.05) is 0 Å². The summed E-state index contributed by atoms with van der Waals surface area (Å²) in [5.74, 6) is 0.826. The van der Waals surface area contributed by atoms with Crippen LogP contribution in [0.4, 0.5) is 0 Å². The molecule has 0 atom stereocenters. The summed E-state index contributed by atoms with van der Waals surface area (Å²) in [5.41, 5.74) is 1.21. The minimum Gasteiger partial charge on any atom is -0.486 e. The van der Waals surface area contributed by atoms with Crippen LogP contribution >= 0.6 is 22.9 Å². The number of ether oxygens (including phenoxy) is 1. The summed E-state index contributed by atoms with van der Waals surface area (Å²) >= 11 is 6.98. The van der Waals surface area contributed by atoms with Crippen molar-refractivity contribution >= 4 is 22.9 Å². The van der Waals surface area contributed by atoms with Crippen LogP contribution in [0.3, 0.4) is 0 Å². The lowest BCUT2D eigenvalue weighted by Crippen LogP contribution is -1.94. The second kappa shape index (κ2) is 4.59. The quantitative estimate of drug-likeness (QED) is 0.827. The molecule has 0 bridgehead atoms. The number of rotatable bonds is 3. The maximum Gasteiger partial charge on any atom is 0.207 e. The molecule has 78 valence electrons. The number of hydrogen-bond acceptors (Lipinski definition) is 4. The molecule has 0 unspecified atom stereocenters. The molecule has 0 amide bonds. The average Bonchev–Trinajstić information content (AvgIpc) is 2.64. The molecule has 0 saturated heterocycles. The van der Waals surface area contributed by atoms with E-state index >= 15 is 0 Å². The summed E-state index contributed by atoms with van der Waals surface area (Å²) in [4.78, 5) is 0. The van der Waals surface area contributed by atoms with Crippen LogP contribution < -0.4 is 4.74 Å². The number of aromatic nitrogens is 2. The fourth-order valence-corrected chi connectivity index (χ4v) is 1.85. The molecule has 0 fully saturated rings. The summed E-state index contributed by atoms with van der Waals surface area (Å²) in [6.07, 6.45) is 0. The third-order valence-electron chi connectivity index (χ3n) is 1.83. The number of aryl methyl sites for hydroxylation is 1. The molecule has 0 aliphatic carbocycles. The molecule has 0 radical (unpaired) electrons. The first kappa shape index (κ1) is 10.4. The maximum absolute atomic E-state index is 5.65. The summed E-state index contributed by atoms with van der Waals surface area (Å²) in [6, 6.07) is 7.86. The predicted molar refractivity (Wildman–Crippen MR) is 60.4 cm³/mol. The number of benzene rings is 1. The molecule has 0 aliphatic heterocycles. The van der Waals surface area contributed by atoms with Gasteiger partial charge in [0.05, 0.1) is 0 Å². The first-order chi connectivity index (χ1) is 7.24. The van der Waals surface area contributed by atoms with Gasteiger partial charge in [0.15, 0.2) is 5.01 Å². The van der Waals surface area contributed by atoms with Gasteiger partial charge in [-0.3, -0.25) is 0 Å². The summed E-state index contributed by atoms with van der Waals surface area (Å²) in [6.45, 7) is 2.45. The molecule has 2 aromatic rings. The first-order valence-corrected chi connectivity index (χ1v) is 5.61. The molecule has 0 N–H and O–H groups in total. The molecule has 3 nitrogen and oxygen atoms in total. The second-order valence-electron chi connectivity index (χ2n) is 3.05. The van der Waals surface area contributed by atoms with E-state index in [1.165, 1.54) is 16.9 Å². The van der Waals surface area contributed by atoms with Gasteiger partial charge in [-0.1, -0.05) is 29.0 Å². The normalized spacial score (nSPS) is 10.3. The Bertz CT molecular complexity index is 441. The van der Waals surface area contributed by atoms with Gasteiger partial charge in [0.2, 0.25) is 4.47 Å². The highest BCUT2D eigenvalue weighted by molar-refractivity contribution is 7.15. The number of hydrogen-bond donors (Lipinski definition) is 0. The van der Waals surface area contributed by atoms with Crippen LogP contribution in [0.25, 0.3) is 0 Å². The summed E-state index contributed by atoms with van der Waals surface area (Å²) < 4.78 is 5.95. The van der Waals surface area contributed by atoms with Crippen molar-refractivity contribution in [2.24, 2.45) is 0 Å². The van der Waals surface area contributed by atoms with E-state index in [9.17, 15) is 0 Å². The highest BCUT2D eigenvalue weighted by Gasteiger charge is 2.02. The zero-order chi connectivity index (χ0) is 10.7. The fourth-order valence-electron chi connectivity index (χ4n) is 1.07. The van der Waals surface area contributed by atoms with Crippen molar-refractivity contribution in [2.45, 2.75) is 13.5 Å². The highest BCUT2D eigenvalue weighted by atomic mass is 35.5. The van der Waals surface area contributed by atoms with Crippen LogP contribution in [-0.4, -0.2) is 10.2 Å². The monoisotopic (exact) mass is 240 g/mol. The minimum absolute atomic E-state index is 0.410. The van der Waals surface area contributed by atoms with Crippen molar-refractivity contribution in [1.29, 1.82) is 0 Å². The lowest BCUT2D eigenvalue weighted by atomic mass is 10.2. The SMILES string of the molecule is Cc1ccc(OCc2nnc(Cl)s2)cc1. The van der Waals surface area contributed by atoms with Crippen LogP contribution in [-0.2, 0) is 6.61 Å². The zero-order valence-corrected chi connectivity index (χ0v) is 9.68. The van der Waals surface area contributed by atoms with E-state index in [0.29, 0.717) is 11.1 Å². The second-order valence-corrected chi connectivity index (χ2v) is 4.69.